The van der Waals surface area contributed by atoms with Crippen LogP contribution in [0.15, 0.2) is 12.2 Å². The molecule has 0 aromatic heterocycles. The van der Waals surface area contributed by atoms with Gasteiger partial charge in [-0.15, -0.1) is 0 Å². The van der Waals surface area contributed by atoms with E-state index in [1.807, 2.05) is 6.92 Å². The van der Waals surface area contributed by atoms with Gasteiger partial charge in [0, 0.05) is 18.6 Å². The van der Waals surface area contributed by atoms with Gasteiger partial charge in [0.05, 0.1) is 6.61 Å². The second-order valence-electron chi connectivity index (χ2n) is 3.22. The van der Waals surface area contributed by atoms with Gasteiger partial charge in [0.1, 0.15) is 0 Å². The van der Waals surface area contributed by atoms with Crippen molar-refractivity contribution in [1.82, 2.24) is 0 Å². The summed E-state index contributed by atoms with van der Waals surface area (Å²) in [7, 11) is 0. The molecule has 1 rings (SSSR count). The number of ether oxygens (including phenoxy) is 1. The average Bonchev–Trinajstić information content (AvgIpc) is 2.03. The topological polar surface area (TPSA) is 35.2 Å². The van der Waals surface area contributed by atoms with Crippen molar-refractivity contribution in [2.75, 3.05) is 13.2 Å². The molecule has 0 spiro atoms. The number of hydrogen-bond acceptors (Lipinski definition) is 2. The zero-order chi connectivity index (χ0) is 8.10. The maximum atomic E-state index is 5.58. The number of hydrogen-bond donors (Lipinski definition) is 1. The monoisotopic (exact) mass is 155 g/mol. The van der Waals surface area contributed by atoms with Crippen LogP contribution in [0.5, 0.6) is 0 Å². The van der Waals surface area contributed by atoms with Crippen LogP contribution in [0.4, 0.5) is 0 Å². The van der Waals surface area contributed by atoms with E-state index >= 15 is 0 Å². The molecule has 0 aromatic carbocycles. The molecule has 1 saturated heterocycles. The first-order chi connectivity index (χ1) is 5.29. The lowest BCUT2D eigenvalue weighted by atomic mass is 10.0. The van der Waals surface area contributed by atoms with Gasteiger partial charge in [-0.2, -0.15) is 0 Å². The van der Waals surface area contributed by atoms with E-state index in [1.165, 1.54) is 12.8 Å². The summed E-state index contributed by atoms with van der Waals surface area (Å²) in [4.78, 5) is 0. The molecular formula is C9H17NO. The van der Waals surface area contributed by atoms with Crippen molar-refractivity contribution in [3.8, 4) is 0 Å². The first-order valence-corrected chi connectivity index (χ1v) is 4.30. The zero-order valence-corrected chi connectivity index (χ0v) is 7.12. The van der Waals surface area contributed by atoms with Gasteiger partial charge in [-0.3, -0.25) is 0 Å². The Hall–Kier alpha value is -0.340. The summed E-state index contributed by atoms with van der Waals surface area (Å²) in [5, 5.41) is 0. The molecule has 0 aromatic rings. The second-order valence-corrected chi connectivity index (χ2v) is 3.22. The van der Waals surface area contributed by atoms with Gasteiger partial charge in [0.15, 0.2) is 0 Å². The molecular weight excluding hydrogens is 138 g/mol. The Kier molecular flexibility index (Phi) is 3.60. The Balaban J connectivity index is 2.23. The van der Waals surface area contributed by atoms with Crippen LogP contribution < -0.4 is 5.73 Å². The van der Waals surface area contributed by atoms with E-state index in [1.54, 1.807) is 0 Å². The molecule has 1 aliphatic heterocycles. The minimum atomic E-state index is 0.178. The van der Waals surface area contributed by atoms with E-state index in [4.69, 9.17) is 10.5 Å². The number of rotatable bonds is 2. The predicted octanol–water partition coefficient (Wildman–Crippen LogP) is 1.32. The summed E-state index contributed by atoms with van der Waals surface area (Å²) in [5.41, 5.74) is 5.58. The van der Waals surface area contributed by atoms with E-state index in [-0.39, 0.29) is 6.04 Å². The fourth-order valence-corrected chi connectivity index (χ4v) is 1.25. The molecule has 2 heteroatoms. The zero-order valence-electron chi connectivity index (χ0n) is 7.12. The fourth-order valence-electron chi connectivity index (χ4n) is 1.25. The van der Waals surface area contributed by atoms with Crippen molar-refractivity contribution in [3.05, 3.63) is 12.2 Å². The average molecular weight is 155 g/mol. The van der Waals surface area contributed by atoms with Crippen molar-refractivity contribution in [3.63, 3.8) is 0 Å². The summed E-state index contributed by atoms with van der Waals surface area (Å²) in [5.74, 6) is 0.606. The van der Waals surface area contributed by atoms with Crippen LogP contribution in [0.25, 0.3) is 0 Å². The fraction of sp³-hybridized carbons (Fsp3) is 0.778. The molecule has 1 heterocycles. The van der Waals surface area contributed by atoms with Gasteiger partial charge < -0.3 is 10.5 Å². The molecule has 0 radical (unpaired) electrons. The highest BCUT2D eigenvalue weighted by Crippen LogP contribution is 2.14. The molecule has 0 amide bonds. The first kappa shape index (κ1) is 8.75. The van der Waals surface area contributed by atoms with Crippen molar-refractivity contribution >= 4 is 0 Å². The van der Waals surface area contributed by atoms with Crippen LogP contribution in [0.2, 0.25) is 0 Å². The minimum absolute atomic E-state index is 0.178. The van der Waals surface area contributed by atoms with Gasteiger partial charge in [0.25, 0.3) is 0 Å². The van der Waals surface area contributed by atoms with Crippen molar-refractivity contribution in [2.45, 2.75) is 25.8 Å². The molecule has 11 heavy (non-hydrogen) atoms. The highest BCUT2D eigenvalue weighted by Gasteiger charge is 2.09. The molecule has 2 nitrogen and oxygen atoms in total. The lowest BCUT2D eigenvalue weighted by Gasteiger charge is -2.18. The van der Waals surface area contributed by atoms with Crippen LogP contribution in [0.3, 0.4) is 0 Å². The van der Waals surface area contributed by atoms with Crippen LogP contribution in [-0.4, -0.2) is 19.3 Å². The summed E-state index contributed by atoms with van der Waals surface area (Å²) < 4.78 is 5.32. The second kappa shape index (κ2) is 4.52. The summed E-state index contributed by atoms with van der Waals surface area (Å²) in [6, 6.07) is 0.178. The van der Waals surface area contributed by atoms with E-state index < -0.39 is 0 Å². The molecule has 1 aliphatic rings. The Morgan fingerprint density at radius 2 is 2.45 bits per heavy atom. The summed E-state index contributed by atoms with van der Waals surface area (Å²) in [6.07, 6.45) is 6.68. The third kappa shape index (κ3) is 3.54. The van der Waals surface area contributed by atoms with Gasteiger partial charge in [-0.25, -0.2) is 0 Å². The first-order valence-electron chi connectivity index (χ1n) is 4.30. The standard InChI is InChI=1S/C9H17NO/c1-8(10)4-5-9-3-2-6-11-7-9/h4-5,8-9H,2-3,6-7,10H2,1H3/b5-4+. The van der Waals surface area contributed by atoms with E-state index in [2.05, 4.69) is 12.2 Å². The van der Waals surface area contributed by atoms with Crippen molar-refractivity contribution in [2.24, 2.45) is 11.7 Å². The normalized spacial score (nSPS) is 29.1. The van der Waals surface area contributed by atoms with Gasteiger partial charge >= 0.3 is 0 Å². The van der Waals surface area contributed by atoms with E-state index in [0.29, 0.717) is 5.92 Å². The Morgan fingerprint density at radius 1 is 1.64 bits per heavy atom. The van der Waals surface area contributed by atoms with Crippen LogP contribution >= 0.6 is 0 Å². The molecule has 64 valence electrons. The van der Waals surface area contributed by atoms with Gasteiger partial charge in [0.2, 0.25) is 0 Å². The maximum Gasteiger partial charge on any atom is 0.0528 e. The van der Waals surface area contributed by atoms with Crippen molar-refractivity contribution < 1.29 is 4.74 Å². The maximum absolute atomic E-state index is 5.58. The molecule has 1 fully saturated rings. The molecule has 0 aliphatic carbocycles. The Morgan fingerprint density at radius 3 is 3.00 bits per heavy atom. The lowest BCUT2D eigenvalue weighted by Crippen LogP contribution is -2.17. The third-order valence-electron chi connectivity index (χ3n) is 1.88. The molecule has 2 N–H and O–H groups in total. The molecule has 2 unspecified atom stereocenters. The van der Waals surface area contributed by atoms with Crippen LogP contribution in [0, 0.1) is 5.92 Å². The lowest BCUT2D eigenvalue weighted by molar-refractivity contribution is 0.0709. The highest BCUT2D eigenvalue weighted by molar-refractivity contribution is 4.94. The molecule has 0 saturated carbocycles. The molecule has 2 atom stereocenters. The third-order valence-corrected chi connectivity index (χ3v) is 1.88. The summed E-state index contributed by atoms with van der Waals surface area (Å²) >= 11 is 0. The quantitative estimate of drug-likeness (QED) is 0.610. The Labute approximate surface area is 68.4 Å². The van der Waals surface area contributed by atoms with Crippen LogP contribution in [-0.2, 0) is 4.74 Å². The SMILES string of the molecule is CC(N)/C=C/C1CCCOC1. The highest BCUT2D eigenvalue weighted by atomic mass is 16.5. The van der Waals surface area contributed by atoms with Gasteiger partial charge in [-0.1, -0.05) is 12.2 Å². The van der Waals surface area contributed by atoms with Gasteiger partial charge in [-0.05, 0) is 19.8 Å². The smallest absolute Gasteiger partial charge is 0.0528 e. The van der Waals surface area contributed by atoms with Crippen LogP contribution in [0.1, 0.15) is 19.8 Å². The number of nitrogens with two attached hydrogens (primary N) is 1. The van der Waals surface area contributed by atoms with E-state index in [0.717, 1.165) is 13.2 Å². The van der Waals surface area contributed by atoms with Crippen molar-refractivity contribution in [1.29, 1.82) is 0 Å². The molecule has 0 bridgehead atoms. The largest absolute Gasteiger partial charge is 0.381 e. The minimum Gasteiger partial charge on any atom is -0.381 e. The summed E-state index contributed by atoms with van der Waals surface area (Å²) in [6.45, 7) is 3.80. The Bertz CT molecular complexity index is 126. The predicted molar refractivity (Wildman–Crippen MR) is 46.3 cm³/mol. The van der Waals surface area contributed by atoms with E-state index in [9.17, 15) is 0 Å².